The van der Waals surface area contributed by atoms with Crippen LogP contribution in [0.25, 0.3) is 0 Å². The van der Waals surface area contributed by atoms with E-state index in [0.29, 0.717) is 0 Å². The van der Waals surface area contributed by atoms with Gasteiger partial charge in [0.25, 0.3) is 0 Å². The van der Waals surface area contributed by atoms with Crippen LogP contribution in [-0.2, 0) is 4.74 Å². The molecule has 0 saturated carbocycles. The van der Waals surface area contributed by atoms with Crippen molar-refractivity contribution in [2.45, 2.75) is 25.4 Å². The third kappa shape index (κ3) is 1.90. The van der Waals surface area contributed by atoms with Crippen molar-refractivity contribution in [3.8, 4) is 5.75 Å². The summed E-state index contributed by atoms with van der Waals surface area (Å²) in [7, 11) is 1.71. The Balaban J connectivity index is 2.20. The van der Waals surface area contributed by atoms with Crippen LogP contribution in [0.3, 0.4) is 0 Å². The van der Waals surface area contributed by atoms with Crippen molar-refractivity contribution in [3.05, 3.63) is 29.8 Å². The summed E-state index contributed by atoms with van der Waals surface area (Å²) < 4.78 is 11.0. The molecule has 1 aromatic rings. The Morgan fingerprint density at radius 2 is 2.14 bits per heavy atom. The summed E-state index contributed by atoms with van der Waals surface area (Å²) in [6.45, 7) is 0.878. The van der Waals surface area contributed by atoms with Crippen molar-refractivity contribution in [2.75, 3.05) is 13.7 Å². The van der Waals surface area contributed by atoms with Gasteiger partial charge >= 0.3 is 0 Å². The van der Waals surface area contributed by atoms with Crippen LogP contribution < -0.4 is 4.74 Å². The molecule has 2 rings (SSSR count). The third-order valence-corrected chi connectivity index (χ3v) is 2.67. The average Bonchev–Trinajstić information content (AvgIpc) is 2.30. The third-order valence-electron chi connectivity index (χ3n) is 2.67. The largest absolute Gasteiger partial charge is 0.496 e. The van der Waals surface area contributed by atoms with Crippen molar-refractivity contribution >= 4 is 0 Å². The summed E-state index contributed by atoms with van der Waals surface area (Å²) in [4.78, 5) is 0. The molecule has 1 aromatic carbocycles. The number of hydrogen-bond donors (Lipinski definition) is 0. The molecule has 14 heavy (non-hydrogen) atoms. The highest BCUT2D eigenvalue weighted by Gasteiger charge is 2.18. The Kier molecular flexibility index (Phi) is 3.04. The predicted octanol–water partition coefficient (Wildman–Crippen LogP) is 2.94. The molecule has 1 atom stereocenters. The molecule has 0 aromatic heterocycles. The second kappa shape index (κ2) is 4.47. The maximum absolute atomic E-state index is 5.73. The molecule has 1 aliphatic rings. The van der Waals surface area contributed by atoms with Gasteiger partial charge in [-0.25, -0.2) is 0 Å². The van der Waals surface area contributed by atoms with Gasteiger partial charge in [-0.2, -0.15) is 0 Å². The molecule has 1 heterocycles. The maximum atomic E-state index is 5.73. The fourth-order valence-corrected chi connectivity index (χ4v) is 1.92. The second-order valence-electron chi connectivity index (χ2n) is 3.60. The van der Waals surface area contributed by atoms with Gasteiger partial charge in [-0.1, -0.05) is 18.2 Å². The minimum Gasteiger partial charge on any atom is -0.496 e. The highest BCUT2D eigenvalue weighted by atomic mass is 16.5. The summed E-state index contributed by atoms with van der Waals surface area (Å²) in [6.07, 6.45) is 3.79. The van der Waals surface area contributed by atoms with Gasteiger partial charge in [0.2, 0.25) is 0 Å². The second-order valence-corrected chi connectivity index (χ2v) is 3.60. The topological polar surface area (TPSA) is 18.5 Å². The monoisotopic (exact) mass is 192 g/mol. The molecular formula is C12H16O2. The van der Waals surface area contributed by atoms with Gasteiger partial charge < -0.3 is 9.47 Å². The first-order valence-corrected chi connectivity index (χ1v) is 5.16. The van der Waals surface area contributed by atoms with Crippen molar-refractivity contribution in [2.24, 2.45) is 0 Å². The van der Waals surface area contributed by atoms with Crippen molar-refractivity contribution < 1.29 is 9.47 Å². The fourth-order valence-electron chi connectivity index (χ4n) is 1.92. The number of ether oxygens (including phenoxy) is 2. The lowest BCUT2D eigenvalue weighted by Crippen LogP contribution is -2.12. The summed E-state index contributed by atoms with van der Waals surface area (Å²) in [6, 6.07) is 8.11. The predicted molar refractivity (Wildman–Crippen MR) is 55.5 cm³/mol. The number of hydrogen-bond acceptors (Lipinski definition) is 2. The molecular weight excluding hydrogens is 176 g/mol. The van der Waals surface area contributed by atoms with E-state index in [1.807, 2.05) is 18.2 Å². The minimum atomic E-state index is 0.236. The van der Waals surface area contributed by atoms with Gasteiger partial charge in [-0.05, 0) is 25.3 Å². The molecule has 2 nitrogen and oxygen atoms in total. The molecule has 0 spiro atoms. The van der Waals surface area contributed by atoms with Crippen LogP contribution in [0.4, 0.5) is 0 Å². The normalized spacial score (nSPS) is 21.9. The zero-order valence-electron chi connectivity index (χ0n) is 8.53. The van der Waals surface area contributed by atoms with Crippen LogP contribution >= 0.6 is 0 Å². The standard InChI is InChI=1S/C12H16O2/c1-13-11-7-3-2-6-10(11)12-8-4-5-9-14-12/h2-3,6-7,12H,4-5,8-9H2,1H3. The van der Waals surface area contributed by atoms with E-state index < -0.39 is 0 Å². The van der Waals surface area contributed by atoms with Crippen LogP contribution in [0.5, 0.6) is 5.75 Å². The first-order valence-electron chi connectivity index (χ1n) is 5.16. The summed E-state index contributed by atoms with van der Waals surface area (Å²) in [5, 5.41) is 0. The summed E-state index contributed by atoms with van der Waals surface area (Å²) >= 11 is 0. The molecule has 1 unspecified atom stereocenters. The van der Waals surface area contributed by atoms with Crippen LogP contribution in [0.1, 0.15) is 30.9 Å². The van der Waals surface area contributed by atoms with Crippen LogP contribution in [-0.4, -0.2) is 13.7 Å². The molecule has 1 aliphatic heterocycles. The molecule has 0 amide bonds. The van der Waals surface area contributed by atoms with E-state index in [1.165, 1.54) is 18.4 Å². The quantitative estimate of drug-likeness (QED) is 0.717. The van der Waals surface area contributed by atoms with Crippen LogP contribution in [0.15, 0.2) is 24.3 Å². The van der Waals surface area contributed by atoms with E-state index in [4.69, 9.17) is 9.47 Å². The average molecular weight is 192 g/mol. The lowest BCUT2D eigenvalue weighted by Gasteiger charge is -2.24. The molecule has 1 fully saturated rings. The number of methoxy groups -OCH3 is 1. The number of benzene rings is 1. The SMILES string of the molecule is COc1ccccc1C1CCCCO1. The zero-order valence-corrected chi connectivity index (χ0v) is 8.53. The molecule has 0 bridgehead atoms. The molecule has 1 saturated heterocycles. The Labute approximate surface area is 84.8 Å². The lowest BCUT2D eigenvalue weighted by atomic mass is 10.0. The molecule has 0 radical (unpaired) electrons. The summed E-state index contributed by atoms with van der Waals surface area (Å²) in [5.74, 6) is 0.944. The lowest BCUT2D eigenvalue weighted by molar-refractivity contribution is 0.0136. The van der Waals surface area contributed by atoms with E-state index in [2.05, 4.69) is 6.07 Å². The van der Waals surface area contributed by atoms with Gasteiger partial charge in [-0.3, -0.25) is 0 Å². The Bertz CT molecular complexity index is 290. The molecule has 0 N–H and O–H groups in total. The van der Waals surface area contributed by atoms with Gasteiger partial charge in [0.15, 0.2) is 0 Å². The Morgan fingerprint density at radius 1 is 1.29 bits per heavy atom. The van der Waals surface area contributed by atoms with Crippen molar-refractivity contribution in [1.82, 2.24) is 0 Å². The van der Waals surface area contributed by atoms with E-state index >= 15 is 0 Å². The number of rotatable bonds is 2. The van der Waals surface area contributed by atoms with E-state index in [9.17, 15) is 0 Å². The first-order chi connectivity index (χ1) is 6.92. The van der Waals surface area contributed by atoms with Gasteiger partial charge in [-0.15, -0.1) is 0 Å². The fraction of sp³-hybridized carbons (Fsp3) is 0.500. The van der Waals surface area contributed by atoms with Crippen molar-refractivity contribution in [3.63, 3.8) is 0 Å². The molecule has 76 valence electrons. The molecule has 2 heteroatoms. The van der Waals surface area contributed by atoms with Crippen molar-refractivity contribution in [1.29, 1.82) is 0 Å². The van der Waals surface area contributed by atoms with E-state index in [1.54, 1.807) is 7.11 Å². The smallest absolute Gasteiger partial charge is 0.124 e. The van der Waals surface area contributed by atoms with E-state index in [0.717, 1.165) is 18.8 Å². The van der Waals surface area contributed by atoms with E-state index in [-0.39, 0.29) is 6.10 Å². The van der Waals surface area contributed by atoms with Crippen LogP contribution in [0, 0.1) is 0 Å². The highest BCUT2D eigenvalue weighted by Crippen LogP contribution is 2.33. The highest BCUT2D eigenvalue weighted by molar-refractivity contribution is 5.35. The van der Waals surface area contributed by atoms with Gasteiger partial charge in [0, 0.05) is 12.2 Å². The van der Waals surface area contributed by atoms with Gasteiger partial charge in [0.1, 0.15) is 5.75 Å². The maximum Gasteiger partial charge on any atom is 0.124 e. The van der Waals surface area contributed by atoms with Crippen LogP contribution in [0.2, 0.25) is 0 Å². The Morgan fingerprint density at radius 3 is 2.86 bits per heavy atom. The van der Waals surface area contributed by atoms with Gasteiger partial charge in [0.05, 0.1) is 13.2 Å². The minimum absolute atomic E-state index is 0.236. The number of para-hydroxylation sites is 1. The first kappa shape index (κ1) is 9.53. The summed E-state index contributed by atoms with van der Waals surface area (Å²) in [5.41, 5.74) is 1.19. The molecule has 0 aliphatic carbocycles. The Hall–Kier alpha value is -1.02. The zero-order chi connectivity index (χ0) is 9.80.